The van der Waals surface area contributed by atoms with Crippen LogP contribution in [0.5, 0.6) is 0 Å². The predicted molar refractivity (Wildman–Crippen MR) is 64.3 cm³/mol. The summed E-state index contributed by atoms with van der Waals surface area (Å²) in [6.45, 7) is 4.14. The van der Waals surface area contributed by atoms with E-state index in [1.165, 1.54) is 17.7 Å². The van der Waals surface area contributed by atoms with E-state index in [2.05, 4.69) is 17.9 Å². The van der Waals surface area contributed by atoms with Gasteiger partial charge in [0.15, 0.2) is 0 Å². The molecule has 0 unspecified atom stereocenters. The Balaban J connectivity index is 2.53. The first-order valence-electron chi connectivity index (χ1n) is 5.34. The number of nitriles is 1. The molecule has 0 saturated heterocycles. The lowest BCUT2D eigenvalue weighted by molar-refractivity contribution is 0.727. The molecule has 0 spiro atoms. The van der Waals surface area contributed by atoms with Crippen molar-refractivity contribution < 1.29 is 0 Å². The maximum absolute atomic E-state index is 9.12. The van der Waals surface area contributed by atoms with Crippen LogP contribution in [0.25, 0.3) is 0 Å². The van der Waals surface area contributed by atoms with Gasteiger partial charge >= 0.3 is 0 Å². The fourth-order valence-corrected chi connectivity index (χ4v) is 3.20. The molecule has 2 N–H and O–H groups in total. The highest BCUT2D eigenvalue weighted by molar-refractivity contribution is 7.16. The maximum atomic E-state index is 9.12. The number of thiophene rings is 1. The van der Waals surface area contributed by atoms with Gasteiger partial charge in [-0.05, 0) is 26.2 Å². The molecule has 0 fully saturated rings. The van der Waals surface area contributed by atoms with Gasteiger partial charge in [0.2, 0.25) is 0 Å². The van der Waals surface area contributed by atoms with Crippen molar-refractivity contribution in [2.75, 3.05) is 23.7 Å². The zero-order valence-corrected chi connectivity index (χ0v) is 9.73. The second-order valence-electron chi connectivity index (χ2n) is 3.76. The van der Waals surface area contributed by atoms with Crippen molar-refractivity contribution in [2.24, 2.45) is 0 Å². The molecule has 1 aromatic heterocycles. The summed E-state index contributed by atoms with van der Waals surface area (Å²) in [5.41, 5.74) is 7.67. The molecule has 2 rings (SSSR count). The van der Waals surface area contributed by atoms with Crippen LogP contribution in [0.1, 0.15) is 30.2 Å². The topological polar surface area (TPSA) is 53.0 Å². The molecule has 0 bridgehead atoms. The molecule has 80 valence electrons. The molecule has 0 atom stereocenters. The third-order valence-corrected chi connectivity index (χ3v) is 3.94. The fraction of sp³-hybridized carbons (Fsp3) is 0.545. The second kappa shape index (κ2) is 4.11. The Kier molecular flexibility index (Phi) is 2.83. The SMILES string of the molecule is CCN1CCCCc2sc(N)c(C#N)c21. The number of rotatable bonds is 1. The highest BCUT2D eigenvalue weighted by atomic mass is 32.1. The monoisotopic (exact) mass is 221 g/mol. The predicted octanol–water partition coefficient (Wildman–Crippen LogP) is 2.36. The summed E-state index contributed by atoms with van der Waals surface area (Å²) in [6.07, 6.45) is 3.48. The van der Waals surface area contributed by atoms with Crippen molar-refractivity contribution in [2.45, 2.75) is 26.2 Å². The summed E-state index contributed by atoms with van der Waals surface area (Å²) in [6, 6.07) is 2.24. The summed E-state index contributed by atoms with van der Waals surface area (Å²) in [5.74, 6) is 0. The third kappa shape index (κ3) is 1.68. The standard InChI is InChI=1S/C11H15N3S/c1-2-14-6-4-3-5-9-10(14)8(7-12)11(13)15-9/h2-6,13H2,1H3. The molecule has 1 aliphatic rings. The molecule has 4 heteroatoms. The molecule has 1 aliphatic heterocycles. The molecule has 0 aromatic carbocycles. The van der Waals surface area contributed by atoms with Gasteiger partial charge in [0.25, 0.3) is 0 Å². The van der Waals surface area contributed by atoms with Crippen molar-refractivity contribution in [1.29, 1.82) is 5.26 Å². The number of nitrogen functional groups attached to an aromatic ring is 1. The van der Waals surface area contributed by atoms with E-state index in [-0.39, 0.29) is 0 Å². The highest BCUT2D eigenvalue weighted by Gasteiger charge is 2.22. The summed E-state index contributed by atoms with van der Waals surface area (Å²) in [5, 5.41) is 9.80. The number of aryl methyl sites for hydroxylation is 1. The molecule has 15 heavy (non-hydrogen) atoms. The third-order valence-electron chi connectivity index (χ3n) is 2.87. The Morgan fingerprint density at radius 1 is 1.53 bits per heavy atom. The van der Waals surface area contributed by atoms with Gasteiger partial charge in [-0.1, -0.05) is 0 Å². The number of fused-ring (bicyclic) bond motifs is 1. The molecular formula is C11H15N3S. The minimum Gasteiger partial charge on any atom is -0.389 e. The van der Waals surface area contributed by atoms with Crippen LogP contribution in [0.4, 0.5) is 10.7 Å². The van der Waals surface area contributed by atoms with Gasteiger partial charge in [0, 0.05) is 18.0 Å². The normalized spacial score (nSPS) is 15.6. The van der Waals surface area contributed by atoms with Crippen molar-refractivity contribution in [1.82, 2.24) is 0 Å². The summed E-state index contributed by atoms with van der Waals surface area (Å²) < 4.78 is 0. The Hall–Kier alpha value is -1.21. The van der Waals surface area contributed by atoms with Gasteiger partial charge in [0.05, 0.1) is 5.69 Å². The van der Waals surface area contributed by atoms with Crippen LogP contribution in [0.15, 0.2) is 0 Å². The van der Waals surface area contributed by atoms with E-state index < -0.39 is 0 Å². The summed E-state index contributed by atoms with van der Waals surface area (Å²) >= 11 is 1.59. The second-order valence-corrected chi connectivity index (χ2v) is 4.90. The van der Waals surface area contributed by atoms with Gasteiger partial charge in [-0.15, -0.1) is 11.3 Å². The first kappa shape index (κ1) is 10.3. The Morgan fingerprint density at radius 3 is 3.00 bits per heavy atom. The van der Waals surface area contributed by atoms with E-state index in [1.54, 1.807) is 11.3 Å². The average molecular weight is 221 g/mol. The number of hydrogen-bond donors (Lipinski definition) is 1. The van der Waals surface area contributed by atoms with Gasteiger partial charge in [0.1, 0.15) is 16.6 Å². The first-order valence-corrected chi connectivity index (χ1v) is 6.15. The van der Waals surface area contributed by atoms with E-state index >= 15 is 0 Å². The van der Waals surface area contributed by atoms with Crippen molar-refractivity contribution >= 4 is 22.0 Å². The van der Waals surface area contributed by atoms with Crippen LogP contribution in [-0.2, 0) is 6.42 Å². The molecule has 0 saturated carbocycles. The number of nitrogens with zero attached hydrogens (tertiary/aromatic N) is 2. The molecule has 2 heterocycles. The van der Waals surface area contributed by atoms with E-state index in [0.717, 1.165) is 25.2 Å². The molecular weight excluding hydrogens is 206 g/mol. The van der Waals surface area contributed by atoms with E-state index in [4.69, 9.17) is 11.0 Å². The highest BCUT2D eigenvalue weighted by Crippen LogP contribution is 2.40. The Labute approximate surface area is 94.1 Å². The van der Waals surface area contributed by atoms with Crippen molar-refractivity contribution in [3.63, 3.8) is 0 Å². The van der Waals surface area contributed by atoms with Crippen LogP contribution in [0.3, 0.4) is 0 Å². The van der Waals surface area contributed by atoms with Crippen LogP contribution in [0, 0.1) is 11.3 Å². The van der Waals surface area contributed by atoms with Crippen molar-refractivity contribution in [3.8, 4) is 6.07 Å². The van der Waals surface area contributed by atoms with Gasteiger partial charge in [-0.3, -0.25) is 0 Å². The Morgan fingerprint density at radius 2 is 2.33 bits per heavy atom. The number of anilines is 2. The van der Waals surface area contributed by atoms with E-state index in [1.807, 2.05) is 0 Å². The van der Waals surface area contributed by atoms with Crippen molar-refractivity contribution in [3.05, 3.63) is 10.4 Å². The minimum absolute atomic E-state index is 0.683. The van der Waals surface area contributed by atoms with E-state index in [9.17, 15) is 0 Å². The number of hydrogen-bond acceptors (Lipinski definition) is 4. The largest absolute Gasteiger partial charge is 0.389 e. The molecule has 1 aromatic rings. The lowest BCUT2D eigenvalue weighted by atomic mass is 10.2. The van der Waals surface area contributed by atoms with Gasteiger partial charge < -0.3 is 10.6 Å². The zero-order chi connectivity index (χ0) is 10.8. The average Bonchev–Trinajstić information content (AvgIpc) is 2.43. The lowest BCUT2D eigenvalue weighted by Crippen LogP contribution is -2.23. The minimum atomic E-state index is 0.683. The molecule has 3 nitrogen and oxygen atoms in total. The Bertz CT molecular complexity index is 403. The molecule has 0 radical (unpaired) electrons. The lowest BCUT2D eigenvalue weighted by Gasteiger charge is -2.21. The van der Waals surface area contributed by atoms with Crippen LogP contribution < -0.4 is 10.6 Å². The van der Waals surface area contributed by atoms with E-state index in [0.29, 0.717) is 10.6 Å². The smallest absolute Gasteiger partial charge is 0.110 e. The molecule has 0 amide bonds. The summed E-state index contributed by atoms with van der Waals surface area (Å²) in [4.78, 5) is 3.58. The van der Waals surface area contributed by atoms with Crippen LogP contribution in [0.2, 0.25) is 0 Å². The first-order chi connectivity index (χ1) is 7.27. The summed E-state index contributed by atoms with van der Waals surface area (Å²) in [7, 11) is 0. The van der Waals surface area contributed by atoms with Gasteiger partial charge in [-0.25, -0.2) is 0 Å². The van der Waals surface area contributed by atoms with Crippen LogP contribution >= 0.6 is 11.3 Å². The fourth-order valence-electron chi connectivity index (χ4n) is 2.12. The quantitative estimate of drug-likeness (QED) is 0.792. The van der Waals surface area contributed by atoms with Crippen LogP contribution in [-0.4, -0.2) is 13.1 Å². The zero-order valence-electron chi connectivity index (χ0n) is 8.92. The maximum Gasteiger partial charge on any atom is 0.110 e. The van der Waals surface area contributed by atoms with Gasteiger partial charge in [-0.2, -0.15) is 5.26 Å². The molecule has 0 aliphatic carbocycles. The number of nitrogens with two attached hydrogens (primary N) is 1.